The number of hydrogen-bond donors (Lipinski definition) is 2. The SMILES string of the molecule is CCOCCCNC(=S)N(Cc1cccc(Cl)c1Cl)C[C@@H](NC(=O)Cc1cncn1Cc1ccc(C#N)cc1)C(C)C. The van der Waals surface area contributed by atoms with E-state index in [0.717, 1.165) is 23.2 Å². The Morgan fingerprint density at radius 1 is 1.21 bits per heavy atom. The standard InChI is InChI=1S/C31H38Cl2N6O2S/c1-4-41-14-6-13-36-31(42)38(19-25-7-5-8-27(32)30(25)33)20-28(22(2)3)37-29(40)15-26-17-35-21-39(26)18-24-11-9-23(16-34)10-12-24/h5,7-12,17,21-22,28H,4,6,13-15,18-20H2,1-3H3,(H,36,42)(H,37,40)/t28-/m1/s1. The zero-order valence-corrected chi connectivity index (χ0v) is 26.6. The smallest absolute Gasteiger partial charge is 0.226 e. The average Bonchev–Trinajstić information content (AvgIpc) is 3.40. The molecule has 11 heteroatoms. The second kappa shape index (κ2) is 17.1. The van der Waals surface area contributed by atoms with Crippen molar-refractivity contribution >= 4 is 46.4 Å². The molecule has 0 fully saturated rings. The molecule has 224 valence electrons. The number of carbonyl (C=O) groups excluding carboxylic acids is 1. The van der Waals surface area contributed by atoms with E-state index in [9.17, 15) is 4.79 Å². The highest BCUT2D eigenvalue weighted by Crippen LogP contribution is 2.27. The summed E-state index contributed by atoms with van der Waals surface area (Å²) in [5.41, 5.74) is 3.28. The number of imidazole rings is 1. The Kier molecular flexibility index (Phi) is 13.6. The van der Waals surface area contributed by atoms with Crippen LogP contribution in [0.15, 0.2) is 55.0 Å². The highest BCUT2D eigenvalue weighted by atomic mass is 35.5. The van der Waals surface area contributed by atoms with E-state index in [1.54, 1.807) is 30.7 Å². The van der Waals surface area contributed by atoms with Gasteiger partial charge in [-0.2, -0.15) is 5.26 Å². The van der Waals surface area contributed by atoms with E-state index in [0.29, 0.717) is 60.1 Å². The van der Waals surface area contributed by atoms with Gasteiger partial charge in [0.05, 0.1) is 34.4 Å². The summed E-state index contributed by atoms with van der Waals surface area (Å²) in [6.45, 7) is 9.58. The lowest BCUT2D eigenvalue weighted by molar-refractivity contribution is -0.121. The van der Waals surface area contributed by atoms with Crippen molar-refractivity contribution in [2.24, 2.45) is 5.92 Å². The average molecular weight is 630 g/mol. The van der Waals surface area contributed by atoms with Crippen LogP contribution in [0.25, 0.3) is 0 Å². The fourth-order valence-electron chi connectivity index (χ4n) is 4.32. The van der Waals surface area contributed by atoms with E-state index in [4.69, 9.17) is 45.4 Å². The lowest BCUT2D eigenvalue weighted by atomic mass is 10.0. The molecule has 3 rings (SSSR count). The van der Waals surface area contributed by atoms with Gasteiger partial charge in [-0.25, -0.2) is 4.98 Å². The van der Waals surface area contributed by atoms with Crippen molar-refractivity contribution in [3.63, 3.8) is 0 Å². The summed E-state index contributed by atoms with van der Waals surface area (Å²) >= 11 is 18.6. The molecular formula is C31H38Cl2N6O2S. The quantitative estimate of drug-likeness (QED) is 0.167. The molecule has 0 radical (unpaired) electrons. The van der Waals surface area contributed by atoms with Crippen LogP contribution in [0, 0.1) is 17.2 Å². The first kappa shape index (κ1) is 33.3. The molecule has 8 nitrogen and oxygen atoms in total. The molecule has 1 amide bonds. The molecule has 0 saturated heterocycles. The van der Waals surface area contributed by atoms with Crippen LogP contribution in [0.4, 0.5) is 0 Å². The Hall–Kier alpha value is -3.16. The summed E-state index contributed by atoms with van der Waals surface area (Å²) in [6.07, 6.45) is 4.43. The number of nitrogens with zero attached hydrogens (tertiary/aromatic N) is 4. The molecule has 0 aliphatic carbocycles. The predicted octanol–water partition coefficient (Wildman–Crippen LogP) is 5.60. The number of carbonyl (C=O) groups is 1. The van der Waals surface area contributed by atoms with Gasteiger partial charge in [-0.3, -0.25) is 4.79 Å². The number of amides is 1. The van der Waals surface area contributed by atoms with E-state index in [-0.39, 0.29) is 24.3 Å². The molecule has 1 heterocycles. The first-order valence-corrected chi connectivity index (χ1v) is 15.2. The molecule has 0 aliphatic rings. The van der Waals surface area contributed by atoms with Crippen molar-refractivity contribution in [2.45, 2.75) is 52.7 Å². The number of thiocarbonyl (C=S) groups is 1. The number of nitrogens with one attached hydrogen (secondary N) is 2. The van der Waals surface area contributed by atoms with Crippen LogP contribution in [0.5, 0.6) is 0 Å². The minimum absolute atomic E-state index is 0.105. The molecule has 42 heavy (non-hydrogen) atoms. The van der Waals surface area contributed by atoms with Crippen LogP contribution in [0.3, 0.4) is 0 Å². The third-order valence-electron chi connectivity index (χ3n) is 6.77. The zero-order valence-electron chi connectivity index (χ0n) is 24.3. The lowest BCUT2D eigenvalue weighted by Gasteiger charge is -2.33. The molecule has 1 aromatic heterocycles. The highest BCUT2D eigenvalue weighted by Gasteiger charge is 2.23. The van der Waals surface area contributed by atoms with E-state index in [1.807, 2.05) is 40.7 Å². The molecule has 0 aliphatic heterocycles. The topological polar surface area (TPSA) is 95.2 Å². The number of hydrogen-bond acceptors (Lipinski definition) is 5. The number of ether oxygens (including phenoxy) is 1. The summed E-state index contributed by atoms with van der Waals surface area (Å²) in [4.78, 5) is 19.6. The van der Waals surface area contributed by atoms with Crippen LogP contribution in [-0.4, -0.2) is 57.8 Å². The Morgan fingerprint density at radius 3 is 2.67 bits per heavy atom. The molecule has 0 spiro atoms. The van der Waals surface area contributed by atoms with Gasteiger partial charge in [0, 0.05) is 57.3 Å². The number of nitriles is 1. The second-order valence-corrected chi connectivity index (χ2v) is 11.5. The Bertz CT molecular complexity index is 1360. The molecular weight excluding hydrogens is 591 g/mol. The predicted molar refractivity (Wildman–Crippen MR) is 172 cm³/mol. The van der Waals surface area contributed by atoms with E-state index >= 15 is 0 Å². The van der Waals surface area contributed by atoms with Gasteiger partial charge in [-0.05, 0) is 60.8 Å². The molecule has 0 unspecified atom stereocenters. The van der Waals surface area contributed by atoms with Crippen molar-refractivity contribution in [1.29, 1.82) is 5.26 Å². The molecule has 3 aromatic rings. The van der Waals surface area contributed by atoms with Crippen LogP contribution in [-0.2, 0) is 29.0 Å². The monoisotopic (exact) mass is 628 g/mol. The summed E-state index contributed by atoms with van der Waals surface area (Å²) in [7, 11) is 0. The second-order valence-electron chi connectivity index (χ2n) is 10.3. The normalized spacial score (nSPS) is 11.6. The summed E-state index contributed by atoms with van der Waals surface area (Å²) < 4.78 is 7.38. The largest absolute Gasteiger partial charge is 0.382 e. The van der Waals surface area contributed by atoms with Crippen molar-refractivity contribution in [1.82, 2.24) is 25.1 Å². The third kappa shape index (κ3) is 10.3. The maximum atomic E-state index is 13.3. The van der Waals surface area contributed by atoms with Crippen molar-refractivity contribution in [3.05, 3.63) is 87.4 Å². The van der Waals surface area contributed by atoms with Crippen LogP contribution < -0.4 is 10.6 Å². The molecule has 0 bridgehead atoms. The van der Waals surface area contributed by atoms with Gasteiger partial charge in [-0.15, -0.1) is 0 Å². The molecule has 0 saturated carbocycles. The van der Waals surface area contributed by atoms with E-state index < -0.39 is 0 Å². The number of benzene rings is 2. The first-order chi connectivity index (χ1) is 20.2. The fourth-order valence-corrected chi connectivity index (χ4v) is 4.94. The van der Waals surface area contributed by atoms with Gasteiger partial charge in [-0.1, -0.05) is 61.3 Å². The van der Waals surface area contributed by atoms with E-state index in [1.165, 1.54) is 0 Å². The van der Waals surface area contributed by atoms with Crippen molar-refractivity contribution in [2.75, 3.05) is 26.3 Å². The number of halogens is 2. The fraction of sp³-hybridized carbons (Fsp3) is 0.419. The Morgan fingerprint density at radius 2 is 1.98 bits per heavy atom. The number of aromatic nitrogens is 2. The maximum Gasteiger partial charge on any atom is 0.226 e. The zero-order chi connectivity index (χ0) is 30.5. The van der Waals surface area contributed by atoms with Gasteiger partial charge < -0.3 is 24.8 Å². The van der Waals surface area contributed by atoms with Crippen molar-refractivity contribution in [3.8, 4) is 6.07 Å². The van der Waals surface area contributed by atoms with Gasteiger partial charge in [0.1, 0.15) is 0 Å². The third-order valence-corrected chi connectivity index (χ3v) is 8.03. The summed E-state index contributed by atoms with van der Waals surface area (Å²) in [6, 6.07) is 14.9. The van der Waals surface area contributed by atoms with Gasteiger partial charge in [0.25, 0.3) is 0 Å². The first-order valence-electron chi connectivity index (χ1n) is 14.0. The summed E-state index contributed by atoms with van der Waals surface area (Å²) in [5, 5.41) is 17.1. The van der Waals surface area contributed by atoms with Crippen LogP contribution in [0.1, 0.15) is 49.6 Å². The highest BCUT2D eigenvalue weighted by molar-refractivity contribution is 7.80. The van der Waals surface area contributed by atoms with Gasteiger partial charge >= 0.3 is 0 Å². The Balaban J connectivity index is 1.69. The molecule has 2 aromatic carbocycles. The van der Waals surface area contributed by atoms with Gasteiger partial charge in [0.2, 0.25) is 5.91 Å². The minimum Gasteiger partial charge on any atom is -0.382 e. The minimum atomic E-state index is -0.187. The summed E-state index contributed by atoms with van der Waals surface area (Å²) in [5.74, 6) is 0.0298. The van der Waals surface area contributed by atoms with E-state index in [2.05, 4.69) is 35.5 Å². The van der Waals surface area contributed by atoms with Crippen molar-refractivity contribution < 1.29 is 9.53 Å². The van der Waals surface area contributed by atoms with Crippen LogP contribution in [0.2, 0.25) is 10.0 Å². The molecule has 1 atom stereocenters. The van der Waals surface area contributed by atoms with Gasteiger partial charge in [0.15, 0.2) is 5.11 Å². The molecule has 2 N–H and O–H groups in total. The number of rotatable bonds is 15. The lowest BCUT2D eigenvalue weighted by Crippen LogP contribution is -2.51. The van der Waals surface area contributed by atoms with Crippen LogP contribution >= 0.6 is 35.4 Å². The maximum absolute atomic E-state index is 13.3. The Labute approximate surface area is 264 Å².